The van der Waals surface area contributed by atoms with Crippen molar-refractivity contribution in [2.45, 2.75) is 45.5 Å². The lowest BCUT2D eigenvalue weighted by Gasteiger charge is -2.15. The second-order valence-electron chi connectivity index (χ2n) is 5.86. The molecule has 23 heavy (non-hydrogen) atoms. The van der Waals surface area contributed by atoms with Crippen molar-refractivity contribution in [3.8, 4) is 0 Å². The Morgan fingerprint density at radius 1 is 1.35 bits per heavy atom. The number of rotatable bonds is 8. The summed E-state index contributed by atoms with van der Waals surface area (Å²) in [6.45, 7) is 5.68. The zero-order valence-electron chi connectivity index (χ0n) is 13.9. The molecule has 0 aromatic heterocycles. The fourth-order valence-corrected chi connectivity index (χ4v) is 2.75. The van der Waals surface area contributed by atoms with E-state index in [1.54, 1.807) is 13.0 Å². The van der Waals surface area contributed by atoms with Gasteiger partial charge in [-0.15, -0.1) is 0 Å². The minimum Gasteiger partial charge on any atom is -0.463 e. The van der Waals surface area contributed by atoms with Crippen molar-refractivity contribution in [2.24, 2.45) is 5.92 Å². The van der Waals surface area contributed by atoms with E-state index in [9.17, 15) is 4.79 Å². The maximum Gasteiger partial charge on any atom is 0.330 e. The van der Waals surface area contributed by atoms with Gasteiger partial charge in [0.2, 0.25) is 0 Å². The summed E-state index contributed by atoms with van der Waals surface area (Å²) in [7, 11) is 0. The van der Waals surface area contributed by atoms with Crippen LogP contribution in [0.5, 0.6) is 0 Å². The van der Waals surface area contributed by atoms with Crippen molar-refractivity contribution >= 4 is 5.97 Å². The smallest absolute Gasteiger partial charge is 0.330 e. The third-order valence-electron chi connectivity index (χ3n) is 3.98. The molecule has 4 nitrogen and oxygen atoms in total. The first-order valence-electron chi connectivity index (χ1n) is 8.31. The van der Waals surface area contributed by atoms with Gasteiger partial charge in [-0.3, -0.25) is 0 Å². The summed E-state index contributed by atoms with van der Waals surface area (Å²) in [4.78, 5) is 11.3. The van der Waals surface area contributed by atoms with Crippen LogP contribution in [0.3, 0.4) is 0 Å². The molecule has 3 atom stereocenters. The molecule has 1 aliphatic heterocycles. The van der Waals surface area contributed by atoms with Gasteiger partial charge in [0.25, 0.3) is 0 Å². The third-order valence-corrected chi connectivity index (χ3v) is 3.98. The molecular weight excluding hydrogens is 292 g/mol. The average Bonchev–Trinajstić information content (AvgIpc) is 2.91. The summed E-state index contributed by atoms with van der Waals surface area (Å²) >= 11 is 0. The monoisotopic (exact) mass is 318 g/mol. The highest BCUT2D eigenvalue weighted by Crippen LogP contribution is 2.29. The van der Waals surface area contributed by atoms with Crippen LogP contribution in [-0.2, 0) is 25.6 Å². The Kier molecular flexibility index (Phi) is 7.30. The van der Waals surface area contributed by atoms with E-state index in [4.69, 9.17) is 14.2 Å². The molecule has 0 N–H and O–H groups in total. The predicted octanol–water partition coefficient (Wildman–Crippen LogP) is 3.51. The lowest BCUT2D eigenvalue weighted by Crippen LogP contribution is -2.16. The van der Waals surface area contributed by atoms with Crippen LogP contribution in [0.25, 0.3) is 0 Å². The Labute approximate surface area is 138 Å². The maximum atomic E-state index is 11.3. The second kappa shape index (κ2) is 9.48. The van der Waals surface area contributed by atoms with Gasteiger partial charge in [-0.1, -0.05) is 37.3 Å². The third kappa shape index (κ3) is 6.16. The Morgan fingerprint density at radius 3 is 2.87 bits per heavy atom. The molecule has 0 spiro atoms. The van der Waals surface area contributed by atoms with E-state index in [0.29, 0.717) is 25.7 Å². The molecule has 0 amide bonds. The molecule has 0 unspecified atom stereocenters. The summed E-state index contributed by atoms with van der Waals surface area (Å²) in [6, 6.07) is 10.2. The molecule has 1 aromatic rings. The maximum absolute atomic E-state index is 11.3. The summed E-state index contributed by atoms with van der Waals surface area (Å²) in [5.74, 6) is 0.158. The number of hydrogen-bond acceptors (Lipinski definition) is 4. The van der Waals surface area contributed by atoms with Gasteiger partial charge in [-0.25, -0.2) is 4.79 Å². The highest BCUT2D eigenvalue weighted by Gasteiger charge is 2.30. The van der Waals surface area contributed by atoms with Gasteiger partial charge >= 0.3 is 5.97 Å². The van der Waals surface area contributed by atoms with Gasteiger partial charge in [0, 0.05) is 12.7 Å². The van der Waals surface area contributed by atoms with E-state index < -0.39 is 0 Å². The predicted molar refractivity (Wildman–Crippen MR) is 88.9 cm³/mol. The molecule has 2 rings (SSSR count). The van der Waals surface area contributed by atoms with Crippen LogP contribution >= 0.6 is 0 Å². The van der Waals surface area contributed by atoms with Gasteiger partial charge in [-0.2, -0.15) is 0 Å². The van der Waals surface area contributed by atoms with E-state index >= 15 is 0 Å². The first kappa shape index (κ1) is 17.7. The van der Waals surface area contributed by atoms with E-state index in [1.807, 2.05) is 18.2 Å². The second-order valence-corrected chi connectivity index (χ2v) is 5.86. The molecule has 0 aliphatic carbocycles. The highest BCUT2D eigenvalue weighted by atomic mass is 16.5. The van der Waals surface area contributed by atoms with Gasteiger partial charge in [0.05, 0.1) is 25.4 Å². The van der Waals surface area contributed by atoms with Crippen molar-refractivity contribution in [3.63, 3.8) is 0 Å². The molecule has 4 heteroatoms. The summed E-state index contributed by atoms with van der Waals surface area (Å²) < 4.78 is 16.6. The summed E-state index contributed by atoms with van der Waals surface area (Å²) in [5, 5.41) is 0. The van der Waals surface area contributed by atoms with Crippen molar-refractivity contribution in [3.05, 3.63) is 48.0 Å². The Morgan fingerprint density at radius 2 is 2.13 bits per heavy atom. The Hall–Kier alpha value is -1.65. The fourth-order valence-electron chi connectivity index (χ4n) is 2.75. The number of carbonyl (C=O) groups is 1. The number of carbonyl (C=O) groups excluding carboxylic acids is 1. The van der Waals surface area contributed by atoms with Crippen LogP contribution in [0, 0.1) is 5.92 Å². The normalized spacial score (nSPS) is 24.2. The number of benzene rings is 1. The zero-order chi connectivity index (χ0) is 16.5. The molecule has 126 valence electrons. The first-order chi connectivity index (χ1) is 11.2. The number of ether oxygens (including phenoxy) is 3. The molecule has 1 saturated heterocycles. The highest BCUT2D eigenvalue weighted by molar-refractivity contribution is 5.81. The van der Waals surface area contributed by atoms with Gasteiger partial charge in [0.1, 0.15) is 0 Å². The standard InChI is InChI=1S/C19H26O4/c1-3-22-19(20)10-9-17-13-15(2)18(23-17)11-12-21-14-16-7-5-4-6-8-16/h4-10,15,17-18H,3,11-14H2,1-2H3/b10-9+/t15-,17+,18+/m1/s1. The zero-order valence-corrected chi connectivity index (χ0v) is 13.9. The van der Waals surface area contributed by atoms with Crippen LogP contribution in [0.1, 0.15) is 32.3 Å². The topological polar surface area (TPSA) is 44.8 Å². The van der Waals surface area contributed by atoms with E-state index in [2.05, 4.69) is 19.1 Å². The molecule has 1 aromatic carbocycles. The molecule has 0 bridgehead atoms. The fraction of sp³-hybridized carbons (Fsp3) is 0.526. The molecule has 1 fully saturated rings. The van der Waals surface area contributed by atoms with Gasteiger partial charge < -0.3 is 14.2 Å². The Balaban J connectivity index is 1.67. The minimum absolute atomic E-state index is 0.00599. The van der Waals surface area contributed by atoms with E-state index in [0.717, 1.165) is 12.8 Å². The molecule has 1 aliphatic rings. The molecule has 0 radical (unpaired) electrons. The van der Waals surface area contributed by atoms with Gasteiger partial charge in [0.15, 0.2) is 0 Å². The van der Waals surface area contributed by atoms with Crippen LogP contribution in [-0.4, -0.2) is 31.4 Å². The van der Waals surface area contributed by atoms with Crippen LogP contribution in [0.2, 0.25) is 0 Å². The first-order valence-corrected chi connectivity index (χ1v) is 8.31. The lowest BCUT2D eigenvalue weighted by atomic mass is 10.00. The van der Waals surface area contributed by atoms with Crippen LogP contribution in [0.15, 0.2) is 42.5 Å². The molecule has 1 heterocycles. The quantitative estimate of drug-likeness (QED) is 0.418. The van der Waals surface area contributed by atoms with Crippen LogP contribution in [0.4, 0.5) is 0 Å². The molecular formula is C19H26O4. The van der Waals surface area contributed by atoms with E-state index in [1.165, 1.54) is 11.6 Å². The lowest BCUT2D eigenvalue weighted by molar-refractivity contribution is -0.137. The largest absolute Gasteiger partial charge is 0.463 e. The Bertz CT molecular complexity index is 497. The molecule has 0 saturated carbocycles. The van der Waals surface area contributed by atoms with E-state index in [-0.39, 0.29) is 18.2 Å². The summed E-state index contributed by atoms with van der Waals surface area (Å²) in [5.41, 5.74) is 1.18. The minimum atomic E-state index is -0.307. The summed E-state index contributed by atoms with van der Waals surface area (Å²) in [6.07, 6.45) is 5.25. The van der Waals surface area contributed by atoms with Crippen LogP contribution < -0.4 is 0 Å². The van der Waals surface area contributed by atoms with Crippen molar-refractivity contribution in [1.29, 1.82) is 0 Å². The van der Waals surface area contributed by atoms with Gasteiger partial charge in [-0.05, 0) is 37.3 Å². The number of esters is 1. The van der Waals surface area contributed by atoms with Crippen molar-refractivity contribution in [1.82, 2.24) is 0 Å². The van der Waals surface area contributed by atoms with Crippen molar-refractivity contribution in [2.75, 3.05) is 13.2 Å². The average molecular weight is 318 g/mol. The van der Waals surface area contributed by atoms with Crippen molar-refractivity contribution < 1.29 is 19.0 Å². The SMILES string of the molecule is CCOC(=O)/C=C/[C@H]1C[C@@H](C)[C@H](CCOCc2ccccc2)O1. The number of hydrogen-bond donors (Lipinski definition) is 0.